The summed E-state index contributed by atoms with van der Waals surface area (Å²) in [6.07, 6.45) is 2.92. The lowest BCUT2D eigenvalue weighted by atomic mass is 10.1. The Morgan fingerprint density at radius 1 is 1.00 bits per heavy atom. The Hall–Kier alpha value is -4.76. The van der Waals surface area contributed by atoms with Crippen LogP contribution in [0, 0.1) is 0 Å². The standard InChI is InChI=1S/C29H26N4O5/c34-27(30-23-15-13-22(14-16-23)12-11-21-7-3-1-4-8-21)19-26-28(35)32(17-18-37-26)20-25-29(36)38-31-33(25)24-9-5-2-6-10-24/h1-16,26H,17-20H2,(H-,30,31,34,36)/b12-11+. The summed E-state index contributed by atoms with van der Waals surface area (Å²) in [6, 6.07) is 26.4. The highest BCUT2D eigenvalue weighted by Crippen LogP contribution is 2.19. The molecule has 0 bridgehead atoms. The Morgan fingerprint density at radius 3 is 2.37 bits per heavy atom. The number of carbonyl (C=O) groups excluding carboxylic acids is 2. The first-order chi connectivity index (χ1) is 18.6. The van der Waals surface area contributed by atoms with Gasteiger partial charge in [-0.15, -0.1) is 0 Å². The highest BCUT2D eigenvalue weighted by atomic mass is 16.6. The van der Waals surface area contributed by atoms with Crippen molar-refractivity contribution in [2.45, 2.75) is 19.1 Å². The minimum absolute atomic E-state index is 0.00446. The van der Waals surface area contributed by atoms with E-state index in [1.807, 2.05) is 84.9 Å². The van der Waals surface area contributed by atoms with Crippen LogP contribution in [0.5, 0.6) is 5.95 Å². The molecule has 38 heavy (non-hydrogen) atoms. The summed E-state index contributed by atoms with van der Waals surface area (Å²) in [5.74, 6) is -1.33. The molecule has 0 radical (unpaired) electrons. The first-order valence-corrected chi connectivity index (χ1v) is 12.2. The van der Waals surface area contributed by atoms with E-state index < -0.39 is 12.1 Å². The largest absolute Gasteiger partial charge is 0.539 e. The first-order valence-electron chi connectivity index (χ1n) is 12.2. The number of hydrogen-bond donors (Lipinski definition) is 1. The van der Waals surface area contributed by atoms with E-state index in [1.165, 1.54) is 9.58 Å². The van der Waals surface area contributed by atoms with E-state index >= 15 is 0 Å². The van der Waals surface area contributed by atoms with Crippen molar-refractivity contribution in [1.82, 2.24) is 10.2 Å². The van der Waals surface area contributed by atoms with Crippen molar-refractivity contribution in [3.63, 3.8) is 0 Å². The van der Waals surface area contributed by atoms with Crippen LogP contribution < -0.4 is 15.1 Å². The minimum atomic E-state index is -0.947. The summed E-state index contributed by atoms with van der Waals surface area (Å²) in [7, 11) is 0. The third-order valence-corrected chi connectivity index (χ3v) is 6.14. The molecule has 0 spiro atoms. The lowest BCUT2D eigenvalue weighted by Gasteiger charge is -2.31. The number of rotatable bonds is 8. The number of carbonyl (C=O) groups is 2. The Bertz CT molecular complexity index is 1420. The van der Waals surface area contributed by atoms with E-state index in [-0.39, 0.29) is 43.6 Å². The summed E-state index contributed by atoms with van der Waals surface area (Å²) in [6.45, 7) is 0.529. The second kappa shape index (κ2) is 11.5. The molecule has 192 valence electrons. The number of nitrogens with zero attached hydrogens (tertiary/aromatic N) is 3. The van der Waals surface area contributed by atoms with Crippen molar-refractivity contribution in [1.29, 1.82) is 0 Å². The topological polar surface area (TPSA) is 112 Å². The maximum atomic E-state index is 13.1. The maximum absolute atomic E-state index is 13.1. The molecule has 1 unspecified atom stereocenters. The molecule has 2 heterocycles. The van der Waals surface area contributed by atoms with Crippen molar-refractivity contribution in [3.8, 4) is 11.6 Å². The fraction of sp³-hybridized carbons (Fsp3) is 0.172. The molecule has 9 heteroatoms. The Morgan fingerprint density at radius 2 is 1.66 bits per heavy atom. The third-order valence-electron chi connectivity index (χ3n) is 6.14. The van der Waals surface area contributed by atoms with E-state index in [1.54, 1.807) is 12.1 Å². The van der Waals surface area contributed by atoms with Crippen LogP contribution in [-0.4, -0.2) is 41.2 Å². The van der Waals surface area contributed by atoms with E-state index in [2.05, 4.69) is 10.6 Å². The van der Waals surface area contributed by atoms with Crippen molar-refractivity contribution >= 4 is 29.7 Å². The highest BCUT2D eigenvalue weighted by Gasteiger charge is 2.34. The molecule has 1 fully saturated rings. The van der Waals surface area contributed by atoms with Crippen LogP contribution in [-0.2, 0) is 20.9 Å². The number of hydrogen-bond acceptors (Lipinski definition) is 6. The molecule has 5 rings (SSSR count). The molecular weight excluding hydrogens is 484 g/mol. The number of morpholine rings is 1. The number of anilines is 1. The number of aromatic nitrogens is 2. The summed E-state index contributed by atoms with van der Waals surface area (Å²) in [5.41, 5.74) is 3.58. The van der Waals surface area contributed by atoms with Gasteiger partial charge in [0.15, 0.2) is 5.95 Å². The van der Waals surface area contributed by atoms with E-state index in [0.29, 0.717) is 11.4 Å². The van der Waals surface area contributed by atoms with Crippen LogP contribution >= 0.6 is 0 Å². The van der Waals surface area contributed by atoms with E-state index in [9.17, 15) is 14.7 Å². The van der Waals surface area contributed by atoms with Gasteiger partial charge in [0.2, 0.25) is 11.6 Å². The summed E-state index contributed by atoms with van der Waals surface area (Å²) >= 11 is 0. The van der Waals surface area contributed by atoms with Crippen LogP contribution in [0.15, 0.2) is 89.5 Å². The summed E-state index contributed by atoms with van der Waals surface area (Å²) in [5, 5.41) is 18.9. The van der Waals surface area contributed by atoms with Gasteiger partial charge in [0, 0.05) is 24.4 Å². The normalized spacial score (nSPS) is 15.6. The summed E-state index contributed by atoms with van der Waals surface area (Å²) < 4.78 is 11.8. The van der Waals surface area contributed by atoms with Crippen LogP contribution in [0.25, 0.3) is 17.8 Å². The molecule has 0 aliphatic carbocycles. The minimum Gasteiger partial charge on any atom is -0.539 e. The zero-order valence-electron chi connectivity index (χ0n) is 20.5. The first kappa shape index (κ1) is 24.9. The second-order valence-electron chi connectivity index (χ2n) is 8.79. The molecule has 9 nitrogen and oxygen atoms in total. The van der Waals surface area contributed by atoms with Crippen LogP contribution in [0.1, 0.15) is 23.2 Å². The average Bonchev–Trinajstić information content (AvgIpc) is 3.31. The van der Waals surface area contributed by atoms with Crippen molar-refractivity contribution < 1.29 is 28.6 Å². The molecule has 4 aromatic rings. The van der Waals surface area contributed by atoms with Gasteiger partial charge in [-0.2, -0.15) is 0 Å². The number of nitrogens with one attached hydrogen (secondary N) is 1. The zero-order chi connectivity index (χ0) is 26.3. The lowest BCUT2D eigenvalue weighted by molar-refractivity contribution is -0.678. The number of ether oxygens (including phenoxy) is 1. The average molecular weight is 511 g/mol. The Kier molecular flexibility index (Phi) is 7.56. The van der Waals surface area contributed by atoms with Gasteiger partial charge in [-0.25, -0.2) is 0 Å². The predicted octanol–water partition coefficient (Wildman–Crippen LogP) is 2.95. The summed E-state index contributed by atoms with van der Waals surface area (Å²) in [4.78, 5) is 27.3. The van der Waals surface area contributed by atoms with Crippen molar-refractivity contribution in [2.75, 3.05) is 18.5 Å². The van der Waals surface area contributed by atoms with Crippen LogP contribution in [0.4, 0.5) is 5.69 Å². The van der Waals surface area contributed by atoms with E-state index in [0.717, 1.165) is 11.1 Å². The number of benzene rings is 3. The maximum Gasteiger partial charge on any atom is 0.259 e. The Balaban J connectivity index is 1.18. The molecule has 1 saturated heterocycles. The molecule has 1 aliphatic rings. The molecule has 3 aromatic carbocycles. The monoisotopic (exact) mass is 510 g/mol. The molecule has 1 atom stereocenters. The van der Waals surface area contributed by atoms with Gasteiger partial charge < -0.3 is 24.6 Å². The van der Waals surface area contributed by atoms with E-state index in [4.69, 9.17) is 9.26 Å². The SMILES string of the molecule is O=C(CC1OCCN(Cc2c([O-])on[n+]2-c2ccccc2)C1=O)Nc1ccc(/C=C/c2ccccc2)cc1. The Labute approximate surface area is 219 Å². The quantitative estimate of drug-likeness (QED) is 0.288. The third kappa shape index (κ3) is 5.96. The molecule has 1 aromatic heterocycles. The van der Waals surface area contributed by atoms with Crippen molar-refractivity contribution in [2.24, 2.45) is 0 Å². The number of amides is 2. The van der Waals surface area contributed by atoms with Crippen molar-refractivity contribution in [3.05, 3.63) is 102 Å². The van der Waals surface area contributed by atoms with Crippen LogP contribution in [0.3, 0.4) is 0 Å². The molecule has 1 aliphatic heterocycles. The van der Waals surface area contributed by atoms with Gasteiger partial charge in [0.05, 0.1) is 18.3 Å². The fourth-order valence-electron chi connectivity index (χ4n) is 4.16. The smallest absolute Gasteiger partial charge is 0.259 e. The second-order valence-corrected chi connectivity index (χ2v) is 8.79. The number of para-hydroxylation sites is 1. The predicted molar refractivity (Wildman–Crippen MR) is 138 cm³/mol. The molecular formula is C29H26N4O5. The van der Waals surface area contributed by atoms with Gasteiger partial charge >= 0.3 is 0 Å². The van der Waals surface area contributed by atoms with Gasteiger partial charge in [0.25, 0.3) is 11.6 Å². The van der Waals surface area contributed by atoms with Gasteiger partial charge in [0.1, 0.15) is 12.6 Å². The zero-order valence-corrected chi connectivity index (χ0v) is 20.5. The molecule has 2 amide bonds. The van der Waals surface area contributed by atoms with Gasteiger partial charge in [-0.1, -0.05) is 72.8 Å². The lowest BCUT2D eigenvalue weighted by Crippen LogP contribution is -2.50. The van der Waals surface area contributed by atoms with Crippen LogP contribution in [0.2, 0.25) is 0 Å². The van der Waals surface area contributed by atoms with Gasteiger partial charge in [-0.3, -0.25) is 9.59 Å². The fourth-order valence-corrected chi connectivity index (χ4v) is 4.16. The molecule has 0 saturated carbocycles. The molecule has 1 N–H and O–H groups in total. The highest BCUT2D eigenvalue weighted by molar-refractivity contribution is 5.95. The van der Waals surface area contributed by atoms with Gasteiger partial charge in [-0.05, 0) is 27.9 Å².